The number of unbranched alkanes of at least 4 members (excludes halogenated alkanes) is 18. The topological polar surface area (TPSA) is 78.9 Å². The molecule has 0 rings (SSSR count). The molecule has 0 heterocycles. The minimum Gasteiger partial charge on any atom is -0.462 e. The summed E-state index contributed by atoms with van der Waals surface area (Å²) in [7, 11) is 0. The Hall–Kier alpha value is -4.45. The molecule has 0 spiro atoms. The molecule has 0 aromatic carbocycles. The first-order valence-corrected chi connectivity index (χ1v) is 28.7. The average molecular weight is 982 g/mol. The lowest BCUT2D eigenvalue weighted by atomic mass is 10.0. The lowest BCUT2D eigenvalue weighted by Crippen LogP contribution is -2.30. The maximum atomic E-state index is 12.7. The van der Waals surface area contributed by atoms with Crippen molar-refractivity contribution in [3.8, 4) is 0 Å². The van der Waals surface area contributed by atoms with Gasteiger partial charge in [0.1, 0.15) is 13.2 Å². The molecule has 0 bridgehead atoms. The second kappa shape index (κ2) is 58.1. The zero-order valence-electron chi connectivity index (χ0n) is 45.7. The van der Waals surface area contributed by atoms with Crippen LogP contribution in [-0.4, -0.2) is 37.2 Å². The zero-order chi connectivity index (χ0) is 51.4. The van der Waals surface area contributed by atoms with E-state index in [4.69, 9.17) is 14.2 Å². The minimum atomic E-state index is -0.833. The van der Waals surface area contributed by atoms with E-state index in [1.807, 2.05) is 6.08 Å². The summed E-state index contributed by atoms with van der Waals surface area (Å²) in [5.74, 6) is -1.06. The third-order valence-corrected chi connectivity index (χ3v) is 11.7. The number of allylic oxidation sites excluding steroid dienone is 21. The predicted octanol–water partition coefficient (Wildman–Crippen LogP) is 19.4. The second-order valence-corrected chi connectivity index (χ2v) is 18.5. The Labute approximate surface area is 436 Å². The summed E-state index contributed by atoms with van der Waals surface area (Å²) < 4.78 is 16.6. The van der Waals surface area contributed by atoms with Gasteiger partial charge in [-0.25, -0.2) is 0 Å². The molecule has 0 saturated carbocycles. The van der Waals surface area contributed by atoms with Crippen molar-refractivity contribution in [2.24, 2.45) is 0 Å². The number of esters is 3. The van der Waals surface area contributed by atoms with Crippen LogP contribution in [0.15, 0.2) is 134 Å². The predicted molar refractivity (Wildman–Crippen MR) is 306 cm³/mol. The van der Waals surface area contributed by atoms with Crippen molar-refractivity contribution < 1.29 is 28.6 Å². The number of carbonyl (C=O) groups excluding carboxylic acids is 3. The lowest BCUT2D eigenvalue weighted by Gasteiger charge is -2.18. The summed E-state index contributed by atoms with van der Waals surface area (Å²) in [4.78, 5) is 37.8. The van der Waals surface area contributed by atoms with Gasteiger partial charge in [-0.05, 0) is 96.3 Å². The Morgan fingerprint density at radius 2 is 0.592 bits per heavy atom. The quantitative estimate of drug-likeness (QED) is 0.0262. The molecule has 1 atom stereocenters. The Bertz CT molecular complexity index is 1550. The molecule has 71 heavy (non-hydrogen) atoms. The molecule has 0 aromatic heterocycles. The van der Waals surface area contributed by atoms with Crippen LogP contribution < -0.4 is 0 Å². The molecule has 400 valence electrons. The maximum absolute atomic E-state index is 12.7. The molecule has 6 nitrogen and oxygen atoms in total. The smallest absolute Gasteiger partial charge is 0.310 e. The second-order valence-electron chi connectivity index (χ2n) is 18.5. The third kappa shape index (κ3) is 56.3. The number of carbonyl (C=O) groups is 3. The van der Waals surface area contributed by atoms with E-state index in [0.717, 1.165) is 109 Å². The Balaban J connectivity index is 4.18. The third-order valence-electron chi connectivity index (χ3n) is 11.7. The summed E-state index contributed by atoms with van der Waals surface area (Å²) in [6.07, 6.45) is 82.2. The normalized spacial score (nSPS) is 13.1. The van der Waals surface area contributed by atoms with Gasteiger partial charge in [-0.15, -0.1) is 0 Å². The van der Waals surface area contributed by atoms with Gasteiger partial charge in [0.05, 0.1) is 6.42 Å². The highest BCUT2D eigenvalue weighted by Crippen LogP contribution is 2.14. The van der Waals surface area contributed by atoms with Crippen LogP contribution in [-0.2, 0) is 28.6 Å². The van der Waals surface area contributed by atoms with Gasteiger partial charge in [-0.3, -0.25) is 14.4 Å². The summed E-state index contributed by atoms with van der Waals surface area (Å²) in [5.41, 5.74) is 0. The van der Waals surface area contributed by atoms with E-state index in [1.165, 1.54) is 89.9 Å². The van der Waals surface area contributed by atoms with Gasteiger partial charge in [0.25, 0.3) is 0 Å². The fourth-order valence-corrected chi connectivity index (χ4v) is 7.46. The molecule has 0 aromatic rings. The van der Waals surface area contributed by atoms with Gasteiger partial charge in [0, 0.05) is 12.8 Å². The van der Waals surface area contributed by atoms with Crippen molar-refractivity contribution in [1.82, 2.24) is 0 Å². The number of rotatable bonds is 50. The fourth-order valence-electron chi connectivity index (χ4n) is 7.46. The Morgan fingerprint density at radius 3 is 0.930 bits per heavy atom. The van der Waals surface area contributed by atoms with Crippen LogP contribution in [0.5, 0.6) is 0 Å². The molecule has 0 aliphatic carbocycles. The van der Waals surface area contributed by atoms with Crippen LogP contribution in [0.3, 0.4) is 0 Å². The molecule has 0 fully saturated rings. The summed E-state index contributed by atoms with van der Waals surface area (Å²) in [6.45, 7) is 6.27. The molecular weight excluding hydrogens is 877 g/mol. The average Bonchev–Trinajstić information content (AvgIpc) is 3.37. The summed E-state index contributed by atoms with van der Waals surface area (Å²) in [5, 5.41) is 0. The van der Waals surface area contributed by atoms with Crippen LogP contribution in [0, 0.1) is 0 Å². The van der Waals surface area contributed by atoms with Crippen molar-refractivity contribution in [2.45, 2.75) is 245 Å². The van der Waals surface area contributed by atoms with Gasteiger partial charge < -0.3 is 14.2 Å². The molecule has 1 unspecified atom stereocenters. The van der Waals surface area contributed by atoms with Gasteiger partial charge in [0.15, 0.2) is 6.10 Å². The highest BCUT2D eigenvalue weighted by Gasteiger charge is 2.19. The van der Waals surface area contributed by atoms with E-state index in [1.54, 1.807) is 6.08 Å². The van der Waals surface area contributed by atoms with Crippen molar-refractivity contribution in [3.63, 3.8) is 0 Å². The number of ether oxygens (including phenoxy) is 3. The summed E-state index contributed by atoms with van der Waals surface area (Å²) in [6, 6.07) is 0. The lowest BCUT2D eigenvalue weighted by molar-refractivity contribution is -0.166. The van der Waals surface area contributed by atoms with E-state index in [9.17, 15) is 14.4 Å². The van der Waals surface area contributed by atoms with E-state index in [2.05, 4.69) is 142 Å². The standard InChI is InChI=1S/C65H104O6/c1-4-7-10-13-16-18-20-22-24-25-26-27-28-29-30-31-32-33-34-35-36-37-38-39-41-42-44-46-49-52-55-58-64(67)70-61-62(60-69-63(66)57-54-51-48-15-12-9-6-3)71-65(68)59-56-53-50-47-45-43-40-23-21-19-17-14-11-8-5-2/h7-8,10-11,16-19,22-24,26-27,29-30,32-33,40,45,47,53,56,62H,4-6,9,12-15,20-21,25,28,31,34-39,41-44,46,48-52,54-55,57-61H2,1-3H3/b10-7-,11-8-,18-16-,19-17-,24-22-,27-26-,30-29-,33-32-,40-23-,47-45-,56-53-. The van der Waals surface area contributed by atoms with Crippen molar-refractivity contribution in [3.05, 3.63) is 134 Å². The monoisotopic (exact) mass is 981 g/mol. The first-order valence-electron chi connectivity index (χ1n) is 28.7. The van der Waals surface area contributed by atoms with Crippen molar-refractivity contribution in [1.29, 1.82) is 0 Å². The van der Waals surface area contributed by atoms with Crippen LogP contribution >= 0.6 is 0 Å². The van der Waals surface area contributed by atoms with Crippen molar-refractivity contribution in [2.75, 3.05) is 13.2 Å². The minimum absolute atomic E-state index is 0.0935. The molecule has 6 heteroatoms. The first-order chi connectivity index (χ1) is 35.0. The molecule has 0 aliphatic heterocycles. The first kappa shape index (κ1) is 66.6. The van der Waals surface area contributed by atoms with E-state index < -0.39 is 12.1 Å². The van der Waals surface area contributed by atoms with Gasteiger partial charge in [0.2, 0.25) is 0 Å². The molecule has 0 N–H and O–H groups in total. The SMILES string of the molecule is CC/C=C\C/C=C\C/C=C\C/C=C\C/C=C\C/C=C\CCCCCCCCCCCCCCC(=O)OCC(COC(=O)CCCCCCCCC)OC(=O)C/C=C\C/C=C\C/C=C\C/C=C\C/C=C\CC. The van der Waals surface area contributed by atoms with E-state index in [-0.39, 0.29) is 31.6 Å². The van der Waals surface area contributed by atoms with Crippen LogP contribution in [0.4, 0.5) is 0 Å². The maximum Gasteiger partial charge on any atom is 0.310 e. The zero-order valence-corrected chi connectivity index (χ0v) is 45.7. The number of hydrogen-bond donors (Lipinski definition) is 0. The van der Waals surface area contributed by atoms with E-state index in [0.29, 0.717) is 12.8 Å². The summed E-state index contributed by atoms with van der Waals surface area (Å²) >= 11 is 0. The number of hydrogen-bond acceptors (Lipinski definition) is 6. The molecule has 0 aliphatic rings. The molecule has 0 radical (unpaired) electrons. The van der Waals surface area contributed by atoms with Gasteiger partial charge in [-0.1, -0.05) is 257 Å². The van der Waals surface area contributed by atoms with Gasteiger partial charge >= 0.3 is 17.9 Å². The fraction of sp³-hybridized carbons (Fsp3) is 0.615. The van der Waals surface area contributed by atoms with Crippen LogP contribution in [0.2, 0.25) is 0 Å². The van der Waals surface area contributed by atoms with Gasteiger partial charge in [-0.2, -0.15) is 0 Å². The highest BCUT2D eigenvalue weighted by molar-refractivity contribution is 5.72. The molecular formula is C65H104O6. The van der Waals surface area contributed by atoms with Crippen LogP contribution in [0.25, 0.3) is 0 Å². The molecule has 0 amide bonds. The highest BCUT2D eigenvalue weighted by atomic mass is 16.6. The molecule has 0 saturated heterocycles. The Morgan fingerprint density at radius 1 is 0.310 bits per heavy atom. The van der Waals surface area contributed by atoms with Crippen LogP contribution in [0.1, 0.15) is 239 Å². The van der Waals surface area contributed by atoms with E-state index >= 15 is 0 Å². The van der Waals surface area contributed by atoms with Crippen molar-refractivity contribution >= 4 is 17.9 Å². The largest absolute Gasteiger partial charge is 0.462 e. The Kier molecular flexibility index (Phi) is 54.5.